The molecule has 1 aromatic heterocycles. The summed E-state index contributed by atoms with van der Waals surface area (Å²) in [6, 6.07) is 14.2. The lowest BCUT2D eigenvalue weighted by molar-refractivity contribution is 0.0697. The quantitative estimate of drug-likeness (QED) is 0.795. The number of aromatic carboxylic acids is 1. The van der Waals surface area contributed by atoms with Crippen molar-refractivity contribution in [1.82, 2.24) is 10.2 Å². The standard InChI is InChI=1S/C16H12N2O3/c1-10-6-8-11(9-7-10)14-17-18-15(21-14)12-4-2-3-5-13(12)16(19)20/h2-9H,1H3,(H,19,20). The highest BCUT2D eigenvalue weighted by Gasteiger charge is 2.16. The second kappa shape index (κ2) is 5.20. The first-order valence-corrected chi connectivity index (χ1v) is 6.38. The molecular weight excluding hydrogens is 268 g/mol. The molecule has 0 amide bonds. The minimum Gasteiger partial charge on any atom is -0.478 e. The molecule has 3 rings (SSSR count). The summed E-state index contributed by atoms with van der Waals surface area (Å²) in [5.74, 6) is -0.463. The number of carboxylic acids is 1. The number of aryl methyl sites for hydroxylation is 1. The average molecular weight is 280 g/mol. The Morgan fingerprint density at radius 3 is 2.38 bits per heavy atom. The number of aromatic nitrogens is 2. The van der Waals surface area contributed by atoms with Crippen LogP contribution in [-0.4, -0.2) is 21.3 Å². The predicted molar refractivity (Wildman–Crippen MR) is 76.9 cm³/mol. The summed E-state index contributed by atoms with van der Waals surface area (Å²) in [5.41, 5.74) is 2.48. The van der Waals surface area contributed by atoms with Crippen LogP contribution in [0.25, 0.3) is 22.9 Å². The minimum absolute atomic E-state index is 0.136. The fourth-order valence-electron chi connectivity index (χ4n) is 2.00. The molecule has 0 fully saturated rings. The van der Waals surface area contributed by atoms with Crippen LogP contribution in [0.3, 0.4) is 0 Å². The first-order chi connectivity index (χ1) is 10.1. The van der Waals surface area contributed by atoms with E-state index in [1.165, 1.54) is 6.07 Å². The lowest BCUT2D eigenvalue weighted by atomic mass is 10.1. The van der Waals surface area contributed by atoms with Crippen LogP contribution in [0.15, 0.2) is 52.9 Å². The molecule has 5 nitrogen and oxygen atoms in total. The van der Waals surface area contributed by atoms with Crippen molar-refractivity contribution in [3.63, 3.8) is 0 Å². The zero-order valence-corrected chi connectivity index (χ0v) is 11.3. The van der Waals surface area contributed by atoms with Crippen molar-refractivity contribution in [2.24, 2.45) is 0 Å². The molecule has 0 bridgehead atoms. The molecule has 0 aliphatic heterocycles. The SMILES string of the molecule is Cc1ccc(-c2nnc(-c3ccccc3C(=O)O)o2)cc1. The zero-order chi connectivity index (χ0) is 14.8. The van der Waals surface area contributed by atoms with Crippen molar-refractivity contribution < 1.29 is 14.3 Å². The molecule has 5 heteroatoms. The Hall–Kier alpha value is -2.95. The van der Waals surface area contributed by atoms with Gasteiger partial charge in [0.25, 0.3) is 0 Å². The van der Waals surface area contributed by atoms with Gasteiger partial charge < -0.3 is 9.52 Å². The molecule has 0 spiro atoms. The van der Waals surface area contributed by atoms with Gasteiger partial charge in [0.15, 0.2) is 0 Å². The molecule has 0 radical (unpaired) electrons. The van der Waals surface area contributed by atoms with Crippen LogP contribution < -0.4 is 0 Å². The second-order valence-electron chi connectivity index (χ2n) is 4.63. The van der Waals surface area contributed by atoms with Crippen LogP contribution in [0.1, 0.15) is 15.9 Å². The van der Waals surface area contributed by atoms with Gasteiger partial charge in [-0.25, -0.2) is 4.79 Å². The van der Waals surface area contributed by atoms with Gasteiger partial charge in [-0.05, 0) is 31.2 Å². The maximum Gasteiger partial charge on any atom is 0.336 e. The van der Waals surface area contributed by atoms with E-state index in [2.05, 4.69) is 10.2 Å². The van der Waals surface area contributed by atoms with Gasteiger partial charge in [-0.3, -0.25) is 0 Å². The third-order valence-electron chi connectivity index (χ3n) is 3.11. The van der Waals surface area contributed by atoms with E-state index in [9.17, 15) is 9.90 Å². The van der Waals surface area contributed by atoms with Crippen molar-refractivity contribution in [2.45, 2.75) is 6.92 Å². The molecule has 104 valence electrons. The highest BCUT2D eigenvalue weighted by Crippen LogP contribution is 2.26. The zero-order valence-electron chi connectivity index (χ0n) is 11.3. The number of carbonyl (C=O) groups is 1. The lowest BCUT2D eigenvalue weighted by Gasteiger charge is -2.00. The topological polar surface area (TPSA) is 76.2 Å². The summed E-state index contributed by atoms with van der Waals surface area (Å²) in [7, 11) is 0. The first kappa shape index (κ1) is 13.1. The Kier molecular flexibility index (Phi) is 3.23. The molecule has 0 aliphatic rings. The smallest absolute Gasteiger partial charge is 0.336 e. The third kappa shape index (κ3) is 2.53. The number of rotatable bonds is 3. The summed E-state index contributed by atoms with van der Waals surface area (Å²) in [6.45, 7) is 1.99. The molecule has 0 aliphatic carbocycles. The Bertz CT molecular complexity index is 791. The largest absolute Gasteiger partial charge is 0.478 e. The highest BCUT2D eigenvalue weighted by atomic mass is 16.4. The van der Waals surface area contributed by atoms with Crippen molar-refractivity contribution in [1.29, 1.82) is 0 Å². The van der Waals surface area contributed by atoms with Crippen molar-refractivity contribution >= 4 is 5.97 Å². The second-order valence-corrected chi connectivity index (χ2v) is 4.63. The van der Waals surface area contributed by atoms with E-state index in [0.29, 0.717) is 11.5 Å². The van der Waals surface area contributed by atoms with E-state index in [4.69, 9.17) is 4.42 Å². The van der Waals surface area contributed by atoms with Crippen molar-refractivity contribution in [3.8, 4) is 22.9 Å². The Morgan fingerprint density at radius 2 is 1.67 bits per heavy atom. The number of benzene rings is 2. The van der Waals surface area contributed by atoms with Crippen LogP contribution in [0.2, 0.25) is 0 Å². The number of hydrogen-bond donors (Lipinski definition) is 1. The van der Waals surface area contributed by atoms with Crippen LogP contribution >= 0.6 is 0 Å². The Balaban J connectivity index is 2.03. The van der Waals surface area contributed by atoms with Gasteiger partial charge in [0.1, 0.15) is 0 Å². The third-order valence-corrected chi connectivity index (χ3v) is 3.11. The fourth-order valence-corrected chi connectivity index (χ4v) is 2.00. The molecule has 0 atom stereocenters. The predicted octanol–water partition coefficient (Wildman–Crippen LogP) is 3.41. The number of hydrogen-bond acceptors (Lipinski definition) is 4. The normalized spacial score (nSPS) is 10.5. The van der Waals surface area contributed by atoms with Gasteiger partial charge in [-0.1, -0.05) is 29.8 Å². The molecular formula is C16H12N2O3. The first-order valence-electron chi connectivity index (χ1n) is 6.38. The number of carboxylic acid groups (broad SMARTS) is 1. The maximum absolute atomic E-state index is 11.2. The summed E-state index contributed by atoms with van der Waals surface area (Å²) in [5, 5.41) is 17.1. The van der Waals surface area contributed by atoms with E-state index in [1.807, 2.05) is 31.2 Å². The average Bonchev–Trinajstić information content (AvgIpc) is 2.97. The molecule has 1 N–H and O–H groups in total. The molecule has 0 saturated carbocycles. The highest BCUT2D eigenvalue weighted by molar-refractivity contribution is 5.94. The van der Waals surface area contributed by atoms with E-state index in [-0.39, 0.29) is 11.5 Å². The van der Waals surface area contributed by atoms with E-state index in [0.717, 1.165) is 11.1 Å². The van der Waals surface area contributed by atoms with Gasteiger partial charge in [0, 0.05) is 5.56 Å². The Morgan fingerprint density at radius 1 is 1.00 bits per heavy atom. The van der Waals surface area contributed by atoms with E-state index < -0.39 is 5.97 Å². The Labute approximate surface area is 120 Å². The van der Waals surface area contributed by atoms with Gasteiger partial charge >= 0.3 is 5.97 Å². The molecule has 0 unspecified atom stereocenters. The summed E-state index contributed by atoms with van der Waals surface area (Å²) >= 11 is 0. The van der Waals surface area contributed by atoms with Crippen LogP contribution in [0, 0.1) is 6.92 Å². The van der Waals surface area contributed by atoms with Crippen LogP contribution in [-0.2, 0) is 0 Å². The van der Waals surface area contributed by atoms with Gasteiger partial charge in [0.2, 0.25) is 11.8 Å². The molecule has 0 saturated heterocycles. The van der Waals surface area contributed by atoms with E-state index in [1.54, 1.807) is 18.2 Å². The van der Waals surface area contributed by atoms with Gasteiger partial charge in [0.05, 0.1) is 11.1 Å². The lowest BCUT2D eigenvalue weighted by Crippen LogP contribution is -1.98. The minimum atomic E-state index is -1.03. The summed E-state index contributed by atoms with van der Waals surface area (Å²) in [4.78, 5) is 11.2. The fraction of sp³-hybridized carbons (Fsp3) is 0.0625. The maximum atomic E-state index is 11.2. The monoisotopic (exact) mass is 280 g/mol. The molecule has 2 aromatic carbocycles. The van der Waals surface area contributed by atoms with Crippen molar-refractivity contribution in [2.75, 3.05) is 0 Å². The molecule has 1 heterocycles. The molecule has 3 aromatic rings. The molecule has 21 heavy (non-hydrogen) atoms. The number of nitrogens with zero attached hydrogens (tertiary/aromatic N) is 2. The summed E-state index contributed by atoms with van der Waals surface area (Å²) in [6.07, 6.45) is 0. The van der Waals surface area contributed by atoms with E-state index >= 15 is 0 Å². The van der Waals surface area contributed by atoms with Gasteiger partial charge in [-0.2, -0.15) is 0 Å². The van der Waals surface area contributed by atoms with Crippen LogP contribution in [0.4, 0.5) is 0 Å². The van der Waals surface area contributed by atoms with Crippen molar-refractivity contribution in [3.05, 3.63) is 59.7 Å². The van der Waals surface area contributed by atoms with Gasteiger partial charge in [-0.15, -0.1) is 10.2 Å². The van der Waals surface area contributed by atoms with Crippen LogP contribution in [0.5, 0.6) is 0 Å². The summed E-state index contributed by atoms with van der Waals surface area (Å²) < 4.78 is 5.60.